The summed E-state index contributed by atoms with van der Waals surface area (Å²) in [5.41, 5.74) is 0.634. The number of halogens is 1. The first-order chi connectivity index (χ1) is 7.60. The summed E-state index contributed by atoms with van der Waals surface area (Å²) < 4.78 is 5.94. The minimum Gasteiger partial charge on any atom is -0.496 e. The average Bonchev–Trinajstić information content (AvgIpc) is 2.29. The number of aliphatic hydroxyl groups is 2. The third kappa shape index (κ3) is 3.38. The normalized spacial score (nSPS) is 14.6. The van der Waals surface area contributed by atoms with E-state index in [4.69, 9.17) is 4.74 Å². The van der Waals surface area contributed by atoms with Crippen LogP contribution < -0.4 is 4.74 Å². The molecule has 0 aliphatic heterocycles. The van der Waals surface area contributed by atoms with Crippen LogP contribution in [0.15, 0.2) is 22.7 Å². The number of methoxy groups -OCH3 is 1. The summed E-state index contributed by atoms with van der Waals surface area (Å²) in [6.45, 7) is 0. The lowest BCUT2D eigenvalue weighted by Crippen LogP contribution is -2.18. The van der Waals surface area contributed by atoms with E-state index in [0.29, 0.717) is 23.5 Å². The fourth-order valence-corrected chi connectivity index (χ4v) is 2.05. The lowest BCUT2D eigenvalue weighted by Gasteiger charge is -2.18. The molecule has 1 aromatic carbocycles. The summed E-state index contributed by atoms with van der Waals surface area (Å²) in [5, 5.41) is 19.5. The van der Waals surface area contributed by atoms with Gasteiger partial charge in [0.1, 0.15) is 11.9 Å². The van der Waals surface area contributed by atoms with Crippen molar-refractivity contribution in [3.63, 3.8) is 0 Å². The van der Waals surface area contributed by atoms with Crippen molar-refractivity contribution in [2.75, 3.05) is 12.9 Å². The van der Waals surface area contributed by atoms with Crippen molar-refractivity contribution in [3.05, 3.63) is 28.2 Å². The van der Waals surface area contributed by atoms with Crippen LogP contribution in [0.2, 0.25) is 0 Å². The van der Waals surface area contributed by atoms with Gasteiger partial charge < -0.3 is 14.9 Å². The molecule has 0 amide bonds. The van der Waals surface area contributed by atoms with E-state index in [1.165, 1.54) is 0 Å². The molecule has 0 aromatic heterocycles. The number of hydrogen-bond acceptors (Lipinski definition) is 4. The summed E-state index contributed by atoms with van der Waals surface area (Å²) >= 11 is 7.34. The predicted molar refractivity (Wildman–Crippen MR) is 70.1 cm³/mol. The molecule has 90 valence electrons. The van der Waals surface area contributed by atoms with E-state index in [9.17, 15) is 10.2 Å². The Bertz CT molecular complexity index is 346. The quantitative estimate of drug-likeness (QED) is 0.731. The molecule has 0 bridgehead atoms. The Hall–Kier alpha value is -0.230. The maximum Gasteiger partial charge on any atom is 0.133 e. The van der Waals surface area contributed by atoms with Crippen LogP contribution in [0.1, 0.15) is 18.1 Å². The van der Waals surface area contributed by atoms with Gasteiger partial charge in [-0.05, 0) is 45.8 Å². The molecule has 5 heteroatoms. The molecule has 0 spiro atoms. The number of aliphatic hydroxyl groups excluding tert-OH is 2. The highest BCUT2D eigenvalue weighted by Crippen LogP contribution is 2.29. The van der Waals surface area contributed by atoms with Crippen molar-refractivity contribution in [2.24, 2.45) is 0 Å². The molecule has 0 heterocycles. The molecule has 0 aliphatic rings. The Morgan fingerprint density at radius 2 is 2.12 bits per heavy atom. The van der Waals surface area contributed by atoms with Crippen LogP contribution >= 0.6 is 28.6 Å². The number of rotatable bonds is 5. The molecule has 0 fully saturated rings. The summed E-state index contributed by atoms with van der Waals surface area (Å²) in [7, 11) is 1.56. The van der Waals surface area contributed by atoms with E-state index >= 15 is 0 Å². The molecular formula is C11H15BrO3S. The van der Waals surface area contributed by atoms with Crippen molar-refractivity contribution in [3.8, 4) is 5.75 Å². The average molecular weight is 307 g/mol. The SMILES string of the molecule is COc1cc(C(O)C(O)CCS)ccc1Br. The van der Waals surface area contributed by atoms with Gasteiger partial charge in [0.15, 0.2) is 0 Å². The van der Waals surface area contributed by atoms with Gasteiger partial charge in [0.25, 0.3) is 0 Å². The lowest BCUT2D eigenvalue weighted by molar-refractivity contribution is 0.0171. The van der Waals surface area contributed by atoms with Crippen LogP contribution in [0, 0.1) is 0 Å². The monoisotopic (exact) mass is 306 g/mol. The summed E-state index contributed by atoms with van der Waals surface area (Å²) in [4.78, 5) is 0. The van der Waals surface area contributed by atoms with Crippen molar-refractivity contribution in [2.45, 2.75) is 18.6 Å². The van der Waals surface area contributed by atoms with E-state index in [0.717, 1.165) is 4.47 Å². The standard InChI is InChI=1S/C11H15BrO3S/c1-15-10-6-7(2-3-8(10)12)11(14)9(13)4-5-16/h2-3,6,9,11,13-14,16H,4-5H2,1H3. The van der Waals surface area contributed by atoms with Crippen LogP contribution in [0.3, 0.4) is 0 Å². The van der Waals surface area contributed by atoms with Gasteiger partial charge in [-0.25, -0.2) is 0 Å². The first-order valence-corrected chi connectivity index (χ1v) is 6.33. The van der Waals surface area contributed by atoms with Gasteiger partial charge in [-0.1, -0.05) is 6.07 Å². The number of benzene rings is 1. The molecule has 1 aromatic rings. The summed E-state index contributed by atoms with van der Waals surface area (Å²) in [5.74, 6) is 1.17. The molecule has 0 saturated carbocycles. The van der Waals surface area contributed by atoms with E-state index in [1.54, 1.807) is 25.3 Å². The van der Waals surface area contributed by atoms with Crippen molar-refractivity contribution in [1.82, 2.24) is 0 Å². The van der Waals surface area contributed by atoms with E-state index in [1.807, 2.05) is 0 Å². The molecule has 2 unspecified atom stereocenters. The second kappa shape index (κ2) is 6.49. The molecule has 2 N–H and O–H groups in total. The van der Waals surface area contributed by atoms with Crippen LogP contribution in [0.4, 0.5) is 0 Å². The second-order valence-corrected chi connectivity index (χ2v) is 4.72. The highest BCUT2D eigenvalue weighted by Gasteiger charge is 2.18. The Morgan fingerprint density at radius 3 is 2.69 bits per heavy atom. The Kier molecular flexibility index (Phi) is 5.61. The molecule has 1 rings (SSSR count). The van der Waals surface area contributed by atoms with Crippen molar-refractivity contribution in [1.29, 1.82) is 0 Å². The van der Waals surface area contributed by atoms with Crippen LogP contribution in [0.25, 0.3) is 0 Å². The maximum absolute atomic E-state index is 9.88. The Morgan fingerprint density at radius 1 is 1.44 bits per heavy atom. The Balaban J connectivity index is 2.87. The zero-order valence-electron chi connectivity index (χ0n) is 8.93. The van der Waals surface area contributed by atoms with E-state index in [-0.39, 0.29) is 0 Å². The van der Waals surface area contributed by atoms with Crippen molar-refractivity contribution >= 4 is 28.6 Å². The number of thiol groups is 1. The minimum atomic E-state index is -0.908. The smallest absolute Gasteiger partial charge is 0.133 e. The molecular weight excluding hydrogens is 292 g/mol. The van der Waals surface area contributed by atoms with Gasteiger partial charge in [-0.3, -0.25) is 0 Å². The van der Waals surface area contributed by atoms with Gasteiger partial charge in [0.05, 0.1) is 17.7 Å². The minimum absolute atomic E-state index is 0.447. The summed E-state index contributed by atoms with van der Waals surface area (Å²) in [6, 6.07) is 5.24. The van der Waals surface area contributed by atoms with E-state index < -0.39 is 12.2 Å². The van der Waals surface area contributed by atoms with Crippen LogP contribution in [0.5, 0.6) is 5.75 Å². The first kappa shape index (κ1) is 13.8. The fourth-order valence-electron chi connectivity index (χ4n) is 1.37. The predicted octanol–water partition coefficient (Wildman–Crippen LogP) is 2.17. The second-order valence-electron chi connectivity index (χ2n) is 3.42. The highest BCUT2D eigenvalue weighted by molar-refractivity contribution is 9.10. The first-order valence-electron chi connectivity index (χ1n) is 4.90. The third-order valence-electron chi connectivity index (χ3n) is 2.31. The fraction of sp³-hybridized carbons (Fsp3) is 0.455. The number of hydrogen-bond donors (Lipinski definition) is 3. The zero-order chi connectivity index (χ0) is 12.1. The van der Waals surface area contributed by atoms with E-state index in [2.05, 4.69) is 28.6 Å². The topological polar surface area (TPSA) is 49.7 Å². The molecule has 3 nitrogen and oxygen atoms in total. The molecule has 0 saturated heterocycles. The van der Waals surface area contributed by atoms with Gasteiger partial charge >= 0.3 is 0 Å². The number of ether oxygens (including phenoxy) is 1. The van der Waals surface area contributed by atoms with Crippen LogP contribution in [-0.4, -0.2) is 29.2 Å². The zero-order valence-corrected chi connectivity index (χ0v) is 11.4. The van der Waals surface area contributed by atoms with Gasteiger partial charge in [0, 0.05) is 0 Å². The largest absolute Gasteiger partial charge is 0.496 e. The molecule has 16 heavy (non-hydrogen) atoms. The van der Waals surface area contributed by atoms with Crippen LogP contribution in [-0.2, 0) is 0 Å². The molecule has 0 radical (unpaired) electrons. The lowest BCUT2D eigenvalue weighted by atomic mass is 10.0. The van der Waals surface area contributed by atoms with Gasteiger partial charge in [-0.15, -0.1) is 0 Å². The van der Waals surface area contributed by atoms with Gasteiger partial charge in [-0.2, -0.15) is 12.6 Å². The Labute approximate surface area is 109 Å². The maximum atomic E-state index is 9.88. The highest BCUT2D eigenvalue weighted by atomic mass is 79.9. The van der Waals surface area contributed by atoms with Gasteiger partial charge in [0.2, 0.25) is 0 Å². The van der Waals surface area contributed by atoms with Crippen molar-refractivity contribution < 1.29 is 14.9 Å². The third-order valence-corrected chi connectivity index (χ3v) is 3.22. The molecule has 0 aliphatic carbocycles. The summed E-state index contributed by atoms with van der Waals surface area (Å²) in [6.07, 6.45) is -1.26. The molecule has 2 atom stereocenters.